The summed E-state index contributed by atoms with van der Waals surface area (Å²) in [6.45, 7) is 0. The topological polar surface area (TPSA) is 17.1 Å². The van der Waals surface area contributed by atoms with Gasteiger partial charge in [0.1, 0.15) is 0 Å². The van der Waals surface area contributed by atoms with E-state index in [0.29, 0.717) is 0 Å². The maximum absolute atomic E-state index is 12.4. The van der Waals surface area contributed by atoms with E-state index in [1.54, 1.807) is 0 Å². The maximum atomic E-state index is 12.4. The summed E-state index contributed by atoms with van der Waals surface area (Å²) in [6.07, 6.45) is 0. The summed E-state index contributed by atoms with van der Waals surface area (Å²) in [4.78, 5) is 0. The summed E-state index contributed by atoms with van der Waals surface area (Å²) in [7, 11) is -1.56. The lowest BCUT2D eigenvalue weighted by Gasteiger charge is -1.94. The van der Waals surface area contributed by atoms with Crippen molar-refractivity contribution in [2.24, 2.45) is 0 Å². The molecule has 0 spiro atoms. The molecule has 1 nitrogen and oxygen atoms in total. The Morgan fingerprint density at radius 1 is 0.750 bits per heavy atom. The lowest BCUT2D eigenvalue weighted by molar-refractivity contribution is 0.598. The Bertz CT molecular complexity index is 493. The normalized spacial score (nSPS) is 10.1. The molecule has 0 unspecified atom stereocenters. The van der Waals surface area contributed by atoms with Crippen LogP contribution in [0.1, 0.15) is 0 Å². The maximum Gasteiger partial charge on any atom is 0.417 e. The van der Waals surface area contributed by atoms with E-state index in [9.17, 15) is 4.57 Å². The molecule has 2 rings (SSSR count). The first-order valence-corrected chi connectivity index (χ1v) is 7.51. The van der Waals surface area contributed by atoms with Gasteiger partial charge in [0.25, 0.3) is 0 Å². The zero-order valence-corrected chi connectivity index (χ0v) is 12.3. The summed E-state index contributed by atoms with van der Waals surface area (Å²) in [6, 6.07) is 15.2. The third-order valence-electron chi connectivity index (χ3n) is 2.14. The first-order chi connectivity index (χ1) is 7.70. The van der Waals surface area contributed by atoms with Crippen molar-refractivity contribution in [3.63, 3.8) is 0 Å². The number of benzene rings is 2. The van der Waals surface area contributed by atoms with Gasteiger partial charge in [-0.3, -0.25) is 0 Å². The smallest absolute Gasteiger partial charge is 0.0612 e. The highest BCUT2D eigenvalue weighted by Gasteiger charge is 2.27. The molecule has 0 saturated heterocycles. The summed E-state index contributed by atoms with van der Waals surface area (Å²) in [5.41, 5.74) is 0. The van der Waals surface area contributed by atoms with E-state index in [1.165, 1.54) is 0 Å². The van der Waals surface area contributed by atoms with Crippen molar-refractivity contribution in [3.05, 3.63) is 57.5 Å². The van der Waals surface area contributed by atoms with Gasteiger partial charge < -0.3 is 0 Å². The van der Waals surface area contributed by atoms with E-state index in [1.807, 2.05) is 48.5 Å². The molecule has 0 heterocycles. The molecule has 0 bridgehead atoms. The molecular formula is C12H8Br2OP+. The summed E-state index contributed by atoms with van der Waals surface area (Å²) < 4.78 is 14.1. The van der Waals surface area contributed by atoms with Gasteiger partial charge in [0.05, 0.1) is 8.95 Å². The van der Waals surface area contributed by atoms with Crippen LogP contribution in [0.3, 0.4) is 0 Å². The van der Waals surface area contributed by atoms with E-state index in [2.05, 4.69) is 31.9 Å². The molecule has 0 aliphatic heterocycles. The predicted molar refractivity (Wildman–Crippen MR) is 75.2 cm³/mol. The molecule has 16 heavy (non-hydrogen) atoms. The third kappa shape index (κ3) is 2.42. The van der Waals surface area contributed by atoms with Crippen LogP contribution in [-0.2, 0) is 4.57 Å². The van der Waals surface area contributed by atoms with Crippen molar-refractivity contribution in [1.29, 1.82) is 0 Å². The number of halogens is 2. The minimum atomic E-state index is -1.56. The van der Waals surface area contributed by atoms with E-state index < -0.39 is 7.80 Å². The van der Waals surface area contributed by atoms with Gasteiger partial charge in [-0.05, 0) is 56.1 Å². The van der Waals surface area contributed by atoms with E-state index in [-0.39, 0.29) is 0 Å². The zero-order chi connectivity index (χ0) is 11.5. The highest BCUT2D eigenvalue weighted by Crippen LogP contribution is 2.27. The average Bonchev–Trinajstić information content (AvgIpc) is 2.29. The van der Waals surface area contributed by atoms with Crippen molar-refractivity contribution in [2.45, 2.75) is 0 Å². The fraction of sp³-hybridized carbons (Fsp3) is 0. The molecule has 0 saturated carbocycles. The monoisotopic (exact) mass is 357 g/mol. The first-order valence-electron chi connectivity index (χ1n) is 4.66. The standard InChI is InChI=1S/C12H8Br2OP/c13-9-5-1-3-7-11(9)16(15)12-8-4-2-6-10(12)14/h1-8H/q+1. The van der Waals surface area contributed by atoms with E-state index in [0.717, 1.165) is 19.6 Å². The number of hydrogen-bond acceptors (Lipinski definition) is 1. The van der Waals surface area contributed by atoms with Crippen molar-refractivity contribution in [1.82, 2.24) is 0 Å². The number of hydrogen-bond donors (Lipinski definition) is 0. The van der Waals surface area contributed by atoms with E-state index >= 15 is 0 Å². The SMILES string of the molecule is O=[P+](c1ccccc1Br)c1ccccc1Br. The van der Waals surface area contributed by atoms with Gasteiger partial charge in [-0.15, -0.1) is 0 Å². The Morgan fingerprint density at radius 2 is 1.12 bits per heavy atom. The van der Waals surface area contributed by atoms with Crippen LogP contribution in [0.15, 0.2) is 57.5 Å². The Hall–Kier alpha value is -0.500. The Morgan fingerprint density at radius 3 is 1.50 bits per heavy atom. The first kappa shape index (κ1) is 12.0. The second-order valence-corrected chi connectivity index (χ2v) is 6.46. The molecule has 0 fully saturated rings. The minimum Gasteiger partial charge on any atom is -0.0612 e. The molecule has 80 valence electrons. The fourth-order valence-corrected chi connectivity index (χ4v) is 4.14. The van der Waals surface area contributed by atoms with Crippen LogP contribution in [0.5, 0.6) is 0 Å². The van der Waals surface area contributed by atoms with Crippen LogP contribution < -0.4 is 10.6 Å². The molecule has 4 heteroatoms. The van der Waals surface area contributed by atoms with Crippen LogP contribution in [0.25, 0.3) is 0 Å². The van der Waals surface area contributed by atoms with Crippen molar-refractivity contribution < 1.29 is 4.57 Å². The Labute approximate surface area is 112 Å². The van der Waals surface area contributed by atoms with Crippen LogP contribution in [0, 0.1) is 0 Å². The summed E-state index contributed by atoms with van der Waals surface area (Å²) >= 11 is 6.84. The Balaban J connectivity index is 2.48. The minimum absolute atomic E-state index is 0.824. The van der Waals surface area contributed by atoms with Gasteiger partial charge in [-0.2, -0.15) is 0 Å². The predicted octanol–water partition coefficient (Wildman–Crippen LogP) is 3.99. The zero-order valence-electron chi connectivity index (χ0n) is 8.23. The van der Waals surface area contributed by atoms with Crippen molar-refractivity contribution in [2.75, 3.05) is 0 Å². The average molecular weight is 359 g/mol. The molecule has 0 aliphatic carbocycles. The van der Waals surface area contributed by atoms with Crippen molar-refractivity contribution in [3.8, 4) is 0 Å². The van der Waals surface area contributed by atoms with Gasteiger partial charge in [-0.1, -0.05) is 28.8 Å². The quantitative estimate of drug-likeness (QED) is 0.742. The van der Waals surface area contributed by atoms with E-state index in [4.69, 9.17) is 0 Å². The molecule has 0 amide bonds. The molecule has 2 aromatic rings. The molecule has 0 atom stereocenters. The van der Waals surface area contributed by atoms with Crippen LogP contribution in [-0.4, -0.2) is 0 Å². The van der Waals surface area contributed by atoms with Gasteiger partial charge in [-0.25, -0.2) is 0 Å². The summed E-state index contributed by atoms with van der Waals surface area (Å²) in [5, 5.41) is 1.65. The van der Waals surface area contributed by atoms with Crippen molar-refractivity contribution >= 4 is 50.3 Å². The molecule has 0 aliphatic rings. The second kappa shape index (κ2) is 5.22. The molecular weight excluding hydrogens is 351 g/mol. The van der Waals surface area contributed by atoms with Crippen LogP contribution in [0.4, 0.5) is 0 Å². The van der Waals surface area contributed by atoms with Gasteiger partial charge in [0.15, 0.2) is 0 Å². The fourth-order valence-electron chi connectivity index (χ4n) is 1.36. The van der Waals surface area contributed by atoms with Crippen LogP contribution >= 0.6 is 39.7 Å². The second-order valence-electron chi connectivity index (χ2n) is 3.20. The van der Waals surface area contributed by atoms with Gasteiger partial charge >= 0.3 is 7.80 Å². The highest BCUT2D eigenvalue weighted by molar-refractivity contribution is 9.11. The van der Waals surface area contributed by atoms with Gasteiger partial charge in [0.2, 0.25) is 10.6 Å². The number of rotatable bonds is 2. The molecule has 0 radical (unpaired) electrons. The lowest BCUT2D eigenvalue weighted by Crippen LogP contribution is -2.08. The highest BCUT2D eigenvalue weighted by atomic mass is 79.9. The Kier molecular flexibility index (Phi) is 3.91. The summed E-state index contributed by atoms with van der Waals surface area (Å²) in [5.74, 6) is 0. The lowest BCUT2D eigenvalue weighted by atomic mass is 10.4. The molecule has 0 aromatic heterocycles. The largest absolute Gasteiger partial charge is 0.417 e. The third-order valence-corrected chi connectivity index (χ3v) is 5.79. The molecule has 2 aromatic carbocycles. The van der Waals surface area contributed by atoms with Gasteiger partial charge in [0, 0.05) is 0 Å². The molecule has 0 N–H and O–H groups in total. The van der Waals surface area contributed by atoms with Crippen LogP contribution in [0.2, 0.25) is 0 Å².